The molecular formula is C21H13IN2O3. The van der Waals surface area contributed by atoms with Crippen molar-refractivity contribution >= 4 is 56.2 Å². The number of aromatic nitrogens is 1. The van der Waals surface area contributed by atoms with E-state index in [-0.39, 0.29) is 11.8 Å². The fourth-order valence-corrected chi connectivity index (χ4v) is 4.43. The number of nitrogens with one attached hydrogen (secondary N) is 2. The van der Waals surface area contributed by atoms with E-state index in [4.69, 9.17) is 4.74 Å². The zero-order chi connectivity index (χ0) is 18.7. The van der Waals surface area contributed by atoms with E-state index in [2.05, 4.69) is 32.9 Å². The van der Waals surface area contributed by atoms with Gasteiger partial charge in [-0.15, -0.1) is 0 Å². The second-order valence-electron chi connectivity index (χ2n) is 6.40. The van der Waals surface area contributed by atoms with E-state index in [0.717, 1.165) is 36.5 Å². The van der Waals surface area contributed by atoms with Gasteiger partial charge in [0.1, 0.15) is 5.75 Å². The predicted molar refractivity (Wildman–Crippen MR) is 112 cm³/mol. The van der Waals surface area contributed by atoms with Crippen molar-refractivity contribution in [3.63, 3.8) is 0 Å². The number of hydrogen-bond acceptors (Lipinski definition) is 3. The van der Waals surface area contributed by atoms with Gasteiger partial charge in [0.05, 0.1) is 18.2 Å². The highest BCUT2D eigenvalue weighted by Gasteiger charge is 2.34. The van der Waals surface area contributed by atoms with Crippen molar-refractivity contribution in [3.05, 3.63) is 63.2 Å². The highest BCUT2D eigenvalue weighted by molar-refractivity contribution is 14.1. The van der Waals surface area contributed by atoms with Gasteiger partial charge in [-0.1, -0.05) is 18.2 Å². The molecule has 4 aromatic rings. The number of rotatable bonds is 2. The van der Waals surface area contributed by atoms with Crippen molar-refractivity contribution in [3.8, 4) is 16.9 Å². The molecule has 6 heteroatoms. The standard InChI is InChI=1S/C21H13IN2O3/c1-27-10-6-7-15-13(8-10)17-16(23-15)9-12(11-4-2-3-5-14(11)22)18-19(17)21(26)24-20(18)25/h2-9,23H,1H3,(H,24,25,26). The van der Waals surface area contributed by atoms with Crippen LogP contribution in [0.15, 0.2) is 48.5 Å². The first-order valence-electron chi connectivity index (χ1n) is 8.35. The monoisotopic (exact) mass is 468 g/mol. The molecule has 5 rings (SSSR count). The minimum absolute atomic E-state index is 0.358. The third-order valence-electron chi connectivity index (χ3n) is 4.94. The Labute approximate surface area is 167 Å². The third kappa shape index (κ3) is 2.29. The van der Waals surface area contributed by atoms with Crippen LogP contribution in [0.1, 0.15) is 20.7 Å². The average Bonchev–Trinajstić information content (AvgIpc) is 3.17. The van der Waals surface area contributed by atoms with Crippen LogP contribution in [0, 0.1) is 3.57 Å². The molecule has 1 aromatic heterocycles. The van der Waals surface area contributed by atoms with Gasteiger partial charge < -0.3 is 9.72 Å². The largest absolute Gasteiger partial charge is 0.497 e. The van der Waals surface area contributed by atoms with E-state index in [1.54, 1.807) is 7.11 Å². The number of fused-ring (bicyclic) bond motifs is 5. The van der Waals surface area contributed by atoms with Gasteiger partial charge in [-0.2, -0.15) is 0 Å². The van der Waals surface area contributed by atoms with Gasteiger partial charge in [0.25, 0.3) is 11.8 Å². The summed E-state index contributed by atoms with van der Waals surface area (Å²) in [6.07, 6.45) is 0. The number of halogens is 1. The Bertz CT molecular complexity index is 1290. The fraction of sp³-hybridized carbons (Fsp3) is 0.0476. The summed E-state index contributed by atoms with van der Waals surface area (Å²) in [5.74, 6) is -0.0242. The highest BCUT2D eigenvalue weighted by Crippen LogP contribution is 2.40. The molecule has 5 nitrogen and oxygen atoms in total. The molecule has 0 unspecified atom stereocenters. The number of amides is 2. The van der Waals surface area contributed by atoms with Crippen LogP contribution < -0.4 is 10.1 Å². The van der Waals surface area contributed by atoms with Gasteiger partial charge in [-0.25, -0.2) is 0 Å². The zero-order valence-electron chi connectivity index (χ0n) is 14.2. The van der Waals surface area contributed by atoms with E-state index >= 15 is 0 Å². The summed E-state index contributed by atoms with van der Waals surface area (Å²) in [5.41, 5.74) is 4.24. The van der Waals surface area contributed by atoms with Crippen LogP contribution >= 0.6 is 22.6 Å². The molecule has 0 fully saturated rings. The topological polar surface area (TPSA) is 71.2 Å². The highest BCUT2D eigenvalue weighted by atomic mass is 127. The van der Waals surface area contributed by atoms with Gasteiger partial charge in [-0.05, 0) is 64.0 Å². The molecule has 0 saturated carbocycles. The maximum atomic E-state index is 12.7. The molecule has 2 amide bonds. The molecule has 2 N–H and O–H groups in total. The molecule has 0 bridgehead atoms. The number of methoxy groups -OCH3 is 1. The third-order valence-corrected chi connectivity index (χ3v) is 5.88. The Morgan fingerprint density at radius 3 is 2.44 bits per heavy atom. The summed E-state index contributed by atoms with van der Waals surface area (Å²) in [5, 5.41) is 4.07. The molecule has 0 radical (unpaired) electrons. The van der Waals surface area contributed by atoms with E-state index < -0.39 is 0 Å². The van der Waals surface area contributed by atoms with Crippen molar-refractivity contribution in [2.75, 3.05) is 7.11 Å². The van der Waals surface area contributed by atoms with Crippen molar-refractivity contribution in [2.24, 2.45) is 0 Å². The lowest BCUT2D eigenvalue weighted by molar-refractivity contribution is 0.0880. The first-order chi connectivity index (χ1) is 13.1. The normalized spacial score (nSPS) is 13.3. The van der Waals surface area contributed by atoms with Crippen LogP contribution in [0.4, 0.5) is 0 Å². The molecule has 2 heterocycles. The number of carbonyl (C=O) groups is 2. The lowest BCUT2D eigenvalue weighted by Gasteiger charge is -2.10. The van der Waals surface area contributed by atoms with Crippen LogP contribution in [0.25, 0.3) is 32.9 Å². The molecule has 0 spiro atoms. The predicted octanol–water partition coefficient (Wildman–Crippen LogP) is 4.48. The molecule has 132 valence electrons. The number of hydrogen-bond donors (Lipinski definition) is 2. The van der Waals surface area contributed by atoms with E-state index in [9.17, 15) is 9.59 Å². The van der Waals surface area contributed by atoms with E-state index in [0.29, 0.717) is 16.9 Å². The summed E-state index contributed by atoms with van der Waals surface area (Å²) in [4.78, 5) is 28.7. The number of H-pyrrole nitrogens is 1. The van der Waals surface area contributed by atoms with E-state index in [1.165, 1.54) is 0 Å². The Balaban J connectivity index is 1.97. The lowest BCUT2D eigenvalue weighted by atomic mass is 9.93. The van der Waals surface area contributed by atoms with Crippen molar-refractivity contribution in [1.82, 2.24) is 10.3 Å². The molecule has 1 aliphatic rings. The molecule has 0 atom stereocenters. The average molecular weight is 468 g/mol. The Hall–Kier alpha value is -2.87. The second kappa shape index (κ2) is 5.82. The first kappa shape index (κ1) is 16.3. The maximum absolute atomic E-state index is 12.7. The van der Waals surface area contributed by atoms with Gasteiger partial charge in [-0.3, -0.25) is 14.9 Å². The molecule has 0 aliphatic carbocycles. The molecule has 1 aliphatic heterocycles. The summed E-state index contributed by atoms with van der Waals surface area (Å²) in [6.45, 7) is 0. The number of carbonyl (C=O) groups excluding carboxylic acids is 2. The summed E-state index contributed by atoms with van der Waals surface area (Å²) < 4.78 is 6.35. The van der Waals surface area contributed by atoms with Crippen LogP contribution in [0.5, 0.6) is 5.75 Å². The molecule has 0 saturated heterocycles. The summed E-state index contributed by atoms with van der Waals surface area (Å²) in [6, 6.07) is 15.4. The minimum Gasteiger partial charge on any atom is -0.497 e. The Kier molecular flexibility index (Phi) is 3.51. The first-order valence-corrected chi connectivity index (χ1v) is 9.43. The summed E-state index contributed by atoms with van der Waals surface area (Å²) in [7, 11) is 1.60. The smallest absolute Gasteiger partial charge is 0.259 e. The van der Waals surface area contributed by atoms with Crippen LogP contribution in [0.2, 0.25) is 0 Å². The number of imide groups is 1. The molecule has 3 aromatic carbocycles. The molecular weight excluding hydrogens is 455 g/mol. The quantitative estimate of drug-likeness (QED) is 0.337. The van der Waals surface area contributed by atoms with Gasteiger partial charge in [0, 0.05) is 25.4 Å². The Morgan fingerprint density at radius 1 is 0.889 bits per heavy atom. The number of aromatic amines is 1. The lowest BCUT2D eigenvalue weighted by Crippen LogP contribution is -2.20. The van der Waals surface area contributed by atoms with Crippen molar-refractivity contribution in [1.29, 1.82) is 0 Å². The molecule has 27 heavy (non-hydrogen) atoms. The van der Waals surface area contributed by atoms with Crippen LogP contribution in [0.3, 0.4) is 0 Å². The minimum atomic E-state index is -0.364. The van der Waals surface area contributed by atoms with Gasteiger partial charge >= 0.3 is 0 Å². The number of benzene rings is 3. The zero-order valence-corrected chi connectivity index (χ0v) is 16.4. The van der Waals surface area contributed by atoms with Crippen LogP contribution in [-0.4, -0.2) is 23.9 Å². The van der Waals surface area contributed by atoms with E-state index in [1.807, 2.05) is 48.5 Å². The van der Waals surface area contributed by atoms with Crippen molar-refractivity contribution in [2.45, 2.75) is 0 Å². The second-order valence-corrected chi connectivity index (χ2v) is 7.56. The fourth-order valence-electron chi connectivity index (χ4n) is 3.76. The maximum Gasteiger partial charge on any atom is 0.259 e. The summed E-state index contributed by atoms with van der Waals surface area (Å²) >= 11 is 2.25. The Morgan fingerprint density at radius 2 is 1.67 bits per heavy atom. The van der Waals surface area contributed by atoms with Crippen LogP contribution in [-0.2, 0) is 0 Å². The number of ether oxygens (including phenoxy) is 1. The van der Waals surface area contributed by atoms with Gasteiger partial charge in [0.15, 0.2) is 0 Å². The van der Waals surface area contributed by atoms with Crippen molar-refractivity contribution < 1.29 is 14.3 Å². The SMILES string of the molecule is COc1ccc2[nH]c3cc(-c4ccccc4I)c4c(c3c2c1)C(=O)NC4=O. The van der Waals surface area contributed by atoms with Gasteiger partial charge in [0.2, 0.25) is 0 Å².